The van der Waals surface area contributed by atoms with Crippen molar-refractivity contribution in [2.24, 2.45) is 5.73 Å². The first-order chi connectivity index (χ1) is 10.2. The Labute approximate surface area is 127 Å². The molecule has 21 heavy (non-hydrogen) atoms. The summed E-state index contributed by atoms with van der Waals surface area (Å²) in [7, 11) is 0. The zero-order valence-electron chi connectivity index (χ0n) is 13.0. The number of nitrogens with two attached hydrogens (primary N) is 1. The molecule has 2 N–H and O–H groups in total. The minimum absolute atomic E-state index is 0.177. The summed E-state index contributed by atoms with van der Waals surface area (Å²) in [5, 5.41) is 4.89. The first-order valence-corrected chi connectivity index (χ1v) is 8.05. The highest BCUT2D eigenvalue weighted by Crippen LogP contribution is 2.34. The smallest absolute Gasteiger partial charge is 0.0700 e. The zero-order chi connectivity index (χ0) is 14.8. The summed E-state index contributed by atoms with van der Waals surface area (Å²) in [5.41, 5.74) is 11.7. The Morgan fingerprint density at radius 1 is 1.29 bits per heavy atom. The number of aromatic nitrogens is 2. The van der Waals surface area contributed by atoms with Gasteiger partial charge in [-0.3, -0.25) is 4.68 Å². The van der Waals surface area contributed by atoms with E-state index in [4.69, 9.17) is 10.8 Å². The van der Waals surface area contributed by atoms with Crippen LogP contribution in [0.3, 0.4) is 0 Å². The van der Waals surface area contributed by atoms with E-state index in [1.54, 1.807) is 0 Å². The molecule has 1 aliphatic carbocycles. The van der Waals surface area contributed by atoms with Crippen molar-refractivity contribution in [2.45, 2.75) is 58.0 Å². The molecule has 0 aliphatic heterocycles. The van der Waals surface area contributed by atoms with Crippen LogP contribution in [0.5, 0.6) is 0 Å². The molecular weight excluding hydrogens is 258 g/mol. The molecule has 1 aromatic carbocycles. The van der Waals surface area contributed by atoms with Crippen LogP contribution in [-0.4, -0.2) is 9.78 Å². The number of rotatable bonds is 4. The third-order valence-electron chi connectivity index (χ3n) is 4.43. The highest BCUT2D eigenvalue weighted by molar-refractivity contribution is 5.34. The summed E-state index contributed by atoms with van der Waals surface area (Å²) in [6.45, 7) is 5.38. The molecule has 1 atom stereocenters. The first-order valence-electron chi connectivity index (χ1n) is 8.05. The summed E-state index contributed by atoms with van der Waals surface area (Å²) in [4.78, 5) is 0. The molecule has 0 bridgehead atoms. The number of benzene rings is 1. The topological polar surface area (TPSA) is 43.8 Å². The fourth-order valence-corrected chi connectivity index (χ4v) is 3.32. The quantitative estimate of drug-likeness (QED) is 0.932. The lowest BCUT2D eigenvalue weighted by Crippen LogP contribution is -2.19. The Kier molecular flexibility index (Phi) is 4.11. The molecule has 0 amide bonds. The Hall–Kier alpha value is -1.61. The molecule has 0 saturated carbocycles. The van der Waals surface area contributed by atoms with E-state index >= 15 is 0 Å². The van der Waals surface area contributed by atoms with Crippen molar-refractivity contribution in [2.75, 3.05) is 0 Å². The van der Waals surface area contributed by atoms with Gasteiger partial charge < -0.3 is 5.73 Å². The van der Waals surface area contributed by atoms with Crippen molar-refractivity contribution < 1.29 is 0 Å². The predicted molar refractivity (Wildman–Crippen MR) is 86.3 cm³/mol. The van der Waals surface area contributed by atoms with Crippen molar-refractivity contribution in [1.82, 2.24) is 9.78 Å². The number of hydrogen-bond acceptors (Lipinski definition) is 2. The fourth-order valence-electron chi connectivity index (χ4n) is 3.32. The molecule has 0 fully saturated rings. The second-order valence-electron chi connectivity index (χ2n) is 6.36. The van der Waals surface area contributed by atoms with Gasteiger partial charge in [-0.25, -0.2) is 0 Å². The second kappa shape index (κ2) is 6.02. The van der Waals surface area contributed by atoms with E-state index in [2.05, 4.69) is 48.9 Å². The maximum absolute atomic E-state index is 6.35. The minimum atomic E-state index is 0.177. The summed E-state index contributed by atoms with van der Waals surface area (Å²) >= 11 is 0. The molecule has 0 saturated heterocycles. The van der Waals surface area contributed by atoms with Gasteiger partial charge in [0.05, 0.1) is 5.69 Å². The van der Waals surface area contributed by atoms with E-state index in [-0.39, 0.29) is 6.04 Å². The lowest BCUT2D eigenvalue weighted by atomic mass is 9.89. The number of aryl methyl sites for hydroxylation is 2. The Bertz CT molecular complexity index is 598. The van der Waals surface area contributed by atoms with Crippen molar-refractivity contribution in [1.29, 1.82) is 0 Å². The third-order valence-corrected chi connectivity index (χ3v) is 4.43. The summed E-state index contributed by atoms with van der Waals surface area (Å²) in [6, 6.07) is 10.8. The van der Waals surface area contributed by atoms with Crippen LogP contribution >= 0.6 is 0 Å². The lowest BCUT2D eigenvalue weighted by Gasteiger charge is -2.21. The lowest BCUT2D eigenvalue weighted by molar-refractivity contribution is 0.521. The van der Waals surface area contributed by atoms with Gasteiger partial charge in [0, 0.05) is 23.8 Å². The van der Waals surface area contributed by atoms with Crippen molar-refractivity contribution in [3.05, 3.63) is 52.8 Å². The van der Waals surface area contributed by atoms with Gasteiger partial charge in [0.1, 0.15) is 0 Å². The molecule has 112 valence electrons. The van der Waals surface area contributed by atoms with Crippen LogP contribution in [0.4, 0.5) is 0 Å². The third kappa shape index (κ3) is 2.88. The molecule has 3 nitrogen and oxygen atoms in total. The minimum Gasteiger partial charge on any atom is -0.324 e. The molecular formula is C18H25N3. The summed E-state index contributed by atoms with van der Waals surface area (Å²) in [6.07, 6.45) is 4.43. The van der Waals surface area contributed by atoms with Gasteiger partial charge in [0.15, 0.2) is 0 Å². The standard InChI is InChI=1S/C18H25N3/c1-13(2)18-17-15(19)9-6-10-16(17)21(20-18)12-11-14-7-4-3-5-8-14/h3-5,7-8,13,15H,6,9-12,19H2,1-2H3. The predicted octanol–water partition coefficient (Wildman–Crippen LogP) is 3.59. The van der Waals surface area contributed by atoms with Crippen molar-refractivity contribution in [3.63, 3.8) is 0 Å². The maximum atomic E-state index is 6.35. The van der Waals surface area contributed by atoms with Gasteiger partial charge >= 0.3 is 0 Å². The number of fused-ring (bicyclic) bond motifs is 1. The molecule has 3 heteroatoms. The monoisotopic (exact) mass is 283 g/mol. The number of hydrogen-bond donors (Lipinski definition) is 1. The normalized spacial score (nSPS) is 18.0. The molecule has 1 aromatic heterocycles. The molecule has 1 unspecified atom stereocenters. The van der Waals surface area contributed by atoms with Crippen LogP contribution in [0.1, 0.15) is 61.2 Å². The molecule has 1 heterocycles. The van der Waals surface area contributed by atoms with Crippen LogP contribution in [0.25, 0.3) is 0 Å². The van der Waals surface area contributed by atoms with Crippen LogP contribution in [-0.2, 0) is 19.4 Å². The van der Waals surface area contributed by atoms with Gasteiger partial charge in [0.25, 0.3) is 0 Å². The average Bonchev–Trinajstić information content (AvgIpc) is 2.87. The summed E-state index contributed by atoms with van der Waals surface area (Å²) < 4.78 is 2.22. The highest BCUT2D eigenvalue weighted by Gasteiger charge is 2.27. The van der Waals surface area contributed by atoms with Gasteiger partial charge in [-0.15, -0.1) is 0 Å². The van der Waals surface area contributed by atoms with Crippen LogP contribution in [0.15, 0.2) is 30.3 Å². The van der Waals surface area contributed by atoms with E-state index in [0.717, 1.165) is 25.8 Å². The van der Waals surface area contributed by atoms with Crippen molar-refractivity contribution >= 4 is 0 Å². The molecule has 0 spiro atoms. The van der Waals surface area contributed by atoms with Crippen LogP contribution in [0.2, 0.25) is 0 Å². The van der Waals surface area contributed by atoms with Crippen molar-refractivity contribution in [3.8, 4) is 0 Å². The largest absolute Gasteiger partial charge is 0.324 e. The highest BCUT2D eigenvalue weighted by atomic mass is 15.3. The van der Waals surface area contributed by atoms with E-state index in [9.17, 15) is 0 Å². The molecule has 2 aromatic rings. The Balaban J connectivity index is 1.87. The first kappa shape index (κ1) is 14.3. The summed E-state index contributed by atoms with van der Waals surface area (Å²) in [5.74, 6) is 0.445. The van der Waals surface area contributed by atoms with Gasteiger partial charge in [0.2, 0.25) is 0 Å². The maximum Gasteiger partial charge on any atom is 0.0700 e. The number of nitrogens with zero attached hydrogens (tertiary/aromatic N) is 2. The van der Waals surface area contributed by atoms with Gasteiger partial charge in [-0.05, 0) is 37.2 Å². The van der Waals surface area contributed by atoms with Crippen LogP contribution < -0.4 is 5.73 Å². The van der Waals surface area contributed by atoms with Gasteiger partial charge in [-0.1, -0.05) is 44.2 Å². The van der Waals surface area contributed by atoms with Crippen LogP contribution in [0, 0.1) is 0 Å². The Morgan fingerprint density at radius 2 is 2.05 bits per heavy atom. The average molecular weight is 283 g/mol. The van der Waals surface area contributed by atoms with Gasteiger partial charge in [-0.2, -0.15) is 5.10 Å². The molecule has 1 aliphatic rings. The fraction of sp³-hybridized carbons (Fsp3) is 0.500. The van der Waals surface area contributed by atoms with E-state index < -0.39 is 0 Å². The SMILES string of the molecule is CC(C)c1nn(CCc2ccccc2)c2c1C(N)CCC2. The van der Waals surface area contributed by atoms with E-state index in [1.807, 2.05) is 0 Å². The molecule has 0 radical (unpaired) electrons. The molecule has 3 rings (SSSR count). The Morgan fingerprint density at radius 3 is 2.76 bits per heavy atom. The van der Waals surface area contributed by atoms with E-state index in [1.165, 1.54) is 28.9 Å². The zero-order valence-corrected chi connectivity index (χ0v) is 13.0. The second-order valence-corrected chi connectivity index (χ2v) is 6.36. The van der Waals surface area contributed by atoms with E-state index in [0.29, 0.717) is 5.92 Å².